The van der Waals surface area contributed by atoms with E-state index in [0.29, 0.717) is 0 Å². The molecule has 7 heteroatoms. The number of benzene rings is 1. The minimum Gasteiger partial charge on any atom is -0.450 e. The summed E-state index contributed by atoms with van der Waals surface area (Å²) in [6.07, 6.45) is -5.42. The molecule has 0 aromatic heterocycles. The minimum atomic E-state index is -4.59. The molecule has 4 nitrogen and oxygen atoms in total. The van der Waals surface area contributed by atoms with E-state index in [1.165, 1.54) is 6.07 Å². The number of aliphatic hydroxyl groups excluding tert-OH is 1. The fourth-order valence-corrected chi connectivity index (χ4v) is 1.34. The lowest BCUT2D eigenvalue weighted by atomic mass is 10.1. The van der Waals surface area contributed by atoms with E-state index in [1.807, 2.05) is 0 Å². The number of anilines is 1. The summed E-state index contributed by atoms with van der Waals surface area (Å²) in [6, 6.07) is 3.12. The number of ether oxygens (including phenoxy) is 1. The molecule has 0 aliphatic heterocycles. The van der Waals surface area contributed by atoms with Gasteiger partial charge in [0, 0.05) is 5.69 Å². The lowest BCUT2D eigenvalue weighted by Gasteiger charge is -2.13. The average Bonchev–Trinajstić information content (AvgIpc) is 2.28. The van der Waals surface area contributed by atoms with E-state index in [9.17, 15) is 18.0 Å². The third-order valence-electron chi connectivity index (χ3n) is 2.11. The second kappa shape index (κ2) is 5.72. The maximum Gasteiger partial charge on any atom is 0.416 e. The molecule has 0 radical (unpaired) electrons. The van der Waals surface area contributed by atoms with Crippen LogP contribution in [0.4, 0.5) is 23.7 Å². The zero-order valence-electron chi connectivity index (χ0n) is 9.54. The van der Waals surface area contributed by atoms with Crippen molar-refractivity contribution >= 4 is 11.8 Å². The highest BCUT2D eigenvalue weighted by atomic mass is 19.4. The Kier molecular flexibility index (Phi) is 4.55. The predicted octanol–water partition coefficient (Wildman–Crippen LogP) is 2.77. The zero-order chi connectivity index (χ0) is 13.8. The van der Waals surface area contributed by atoms with Gasteiger partial charge in [0.05, 0.1) is 18.8 Å². The molecule has 0 aliphatic carbocycles. The Bertz CT molecular complexity index is 432. The molecule has 0 spiro atoms. The Balaban J connectivity index is 3.00. The molecule has 1 amide bonds. The molecular weight excluding hydrogens is 251 g/mol. The van der Waals surface area contributed by atoms with Crippen molar-refractivity contribution in [1.29, 1.82) is 0 Å². The number of carbonyl (C=O) groups is 1. The van der Waals surface area contributed by atoms with Gasteiger partial charge in [-0.15, -0.1) is 0 Å². The van der Waals surface area contributed by atoms with Gasteiger partial charge in [-0.25, -0.2) is 4.79 Å². The van der Waals surface area contributed by atoms with Crippen molar-refractivity contribution in [3.8, 4) is 0 Å². The summed E-state index contributed by atoms with van der Waals surface area (Å²) in [5.41, 5.74) is -1.28. The van der Waals surface area contributed by atoms with Crippen LogP contribution in [0.2, 0.25) is 0 Å². The number of amides is 1. The molecule has 0 atom stereocenters. The fourth-order valence-electron chi connectivity index (χ4n) is 1.34. The van der Waals surface area contributed by atoms with Gasteiger partial charge >= 0.3 is 12.3 Å². The first-order chi connectivity index (χ1) is 8.38. The number of rotatable bonds is 3. The van der Waals surface area contributed by atoms with Crippen molar-refractivity contribution in [2.45, 2.75) is 19.7 Å². The molecule has 100 valence electrons. The highest BCUT2D eigenvalue weighted by Crippen LogP contribution is 2.33. The van der Waals surface area contributed by atoms with Crippen LogP contribution in [0, 0.1) is 0 Å². The smallest absolute Gasteiger partial charge is 0.416 e. The number of nitrogens with one attached hydrogen (secondary N) is 1. The SMILES string of the molecule is CCOC(=O)Nc1ccc(CO)c(C(F)(F)F)c1. The summed E-state index contributed by atoms with van der Waals surface area (Å²) < 4.78 is 42.5. The van der Waals surface area contributed by atoms with Crippen LogP contribution in [-0.2, 0) is 17.5 Å². The molecule has 0 heterocycles. The standard InChI is InChI=1S/C11H12F3NO3/c1-2-18-10(17)15-8-4-3-7(6-16)9(5-8)11(12,13)14/h3-5,16H,2,6H2,1H3,(H,15,17). The van der Waals surface area contributed by atoms with Gasteiger partial charge in [0.25, 0.3) is 0 Å². The zero-order valence-corrected chi connectivity index (χ0v) is 9.54. The summed E-state index contributed by atoms with van der Waals surface area (Å²) in [4.78, 5) is 11.1. The summed E-state index contributed by atoms with van der Waals surface area (Å²) in [5, 5.41) is 11.0. The van der Waals surface area contributed by atoms with Crippen molar-refractivity contribution in [2.75, 3.05) is 11.9 Å². The van der Waals surface area contributed by atoms with Crippen molar-refractivity contribution < 1.29 is 27.8 Å². The van der Waals surface area contributed by atoms with E-state index in [0.717, 1.165) is 12.1 Å². The molecule has 2 N–H and O–H groups in total. The van der Waals surface area contributed by atoms with Gasteiger partial charge in [0.1, 0.15) is 0 Å². The molecule has 18 heavy (non-hydrogen) atoms. The molecule has 0 aliphatic rings. The highest BCUT2D eigenvalue weighted by molar-refractivity contribution is 5.84. The van der Waals surface area contributed by atoms with Gasteiger partial charge < -0.3 is 9.84 Å². The van der Waals surface area contributed by atoms with Crippen LogP contribution in [0.15, 0.2) is 18.2 Å². The van der Waals surface area contributed by atoms with Crippen molar-refractivity contribution in [2.24, 2.45) is 0 Å². The Morgan fingerprint density at radius 3 is 2.61 bits per heavy atom. The molecule has 0 unspecified atom stereocenters. The maximum atomic E-state index is 12.6. The molecule has 0 saturated carbocycles. The van der Waals surface area contributed by atoms with E-state index < -0.39 is 24.4 Å². The quantitative estimate of drug-likeness (QED) is 0.881. The number of aliphatic hydroxyl groups is 1. The molecule has 1 aromatic rings. The minimum absolute atomic E-state index is 0.0435. The van der Waals surface area contributed by atoms with Gasteiger partial charge in [-0.05, 0) is 24.6 Å². The van der Waals surface area contributed by atoms with Gasteiger partial charge in [0.15, 0.2) is 0 Å². The van der Waals surface area contributed by atoms with E-state index in [-0.39, 0.29) is 17.9 Å². The van der Waals surface area contributed by atoms with Crippen LogP contribution in [0.5, 0.6) is 0 Å². The Labute approximate surface area is 101 Å². The van der Waals surface area contributed by atoms with Crippen LogP contribution >= 0.6 is 0 Å². The van der Waals surface area contributed by atoms with E-state index in [4.69, 9.17) is 5.11 Å². The summed E-state index contributed by atoms with van der Waals surface area (Å²) in [6.45, 7) is 0.969. The second-order valence-electron chi connectivity index (χ2n) is 3.37. The molecule has 0 fully saturated rings. The van der Waals surface area contributed by atoms with Crippen LogP contribution in [0.3, 0.4) is 0 Å². The van der Waals surface area contributed by atoms with Crippen LogP contribution in [0.1, 0.15) is 18.1 Å². The Morgan fingerprint density at radius 1 is 1.44 bits per heavy atom. The van der Waals surface area contributed by atoms with E-state index in [2.05, 4.69) is 10.1 Å². The van der Waals surface area contributed by atoms with Crippen molar-refractivity contribution in [3.05, 3.63) is 29.3 Å². The largest absolute Gasteiger partial charge is 0.450 e. The number of alkyl halides is 3. The number of hydrogen-bond acceptors (Lipinski definition) is 3. The topological polar surface area (TPSA) is 58.6 Å². The third kappa shape index (κ3) is 3.63. The molecule has 0 bridgehead atoms. The average molecular weight is 263 g/mol. The normalized spacial score (nSPS) is 11.2. The highest BCUT2D eigenvalue weighted by Gasteiger charge is 2.33. The van der Waals surface area contributed by atoms with Crippen LogP contribution in [-0.4, -0.2) is 17.8 Å². The fraction of sp³-hybridized carbons (Fsp3) is 0.364. The van der Waals surface area contributed by atoms with Gasteiger partial charge in [0.2, 0.25) is 0 Å². The summed E-state index contributed by atoms with van der Waals surface area (Å²) >= 11 is 0. The van der Waals surface area contributed by atoms with Crippen LogP contribution in [0.25, 0.3) is 0 Å². The lowest BCUT2D eigenvalue weighted by molar-refractivity contribution is -0.138. The maximum absolute atomic E-state index is 12.6. The number of hydrogen-bond donors (Lipinski definition) is 2. The molecule has 1 aromatic carbocycles. The molecule has 0 saturated heterocycles. The molecule has 1 rings (SSSR count). The Morgan fingerprint density at radius 2 is 2.11 bits per heavy atom. The van der Waals surface area contributed by atoms with Crippen LogP contribution < -0.4 is 5.32 Å². The monoisotopic (exact) mass is 263 g/mol. The number of carbonyl (C=O) groups excluding carboxylic acids is 1. The first-order valence-electron chi connectivity index (χ1n) is 5.13. The summed E-state index contributed by atoms with van der Waals surface area (Å²) in [5.74, 6) is 0. The first-order valence-corrected chi connectivity index (χ1v) is 5.13. The van der Waals surface area contributed by atoms with Crippen molar-refractivity contribution in [3.63, 3.8) is 0 Å². The molecular formula is C11H12F3NO3. The van der Waals surface area contributed by atoms with Gasteiger partial charge in [-0.1, -0.05) is 6.07 Å². The third-order valence-corrected chi connectivity index (χ3v) is 2.11. The second-order valence-corrected chi connectivity index (χ2v) is 3.37. The predicted molar refractivity (Wildman–Crippen MR) is 58.0 cm³/mol. The van der Waals surface area contributed by atoms with Crippen molar-refractivity contribution in [1.82, 2.24) is 0 Å². The van der Waals surface area contributed by atoms with Gasteiger partial charge in [-0.2, -0.15) is 13.2 Å². The van der Waals surface area contributed by atoms with Gasteiger partial charge in [-0.3, -0.25) is 5.32 Å². The lowest BCUT2D eigenvalue weighted by Crippen LogP contribution is -2.15. The summed E-state index contributed by atoms with van der Waals surface area (Å²) in [7, 11) is 0. The number of halogens is 3. The van der Waals surface area contributed by atoms with E-state index in [1.54, 1.807) is 6.92 Å². The van der Waals surface area contributed by atoms with E-state index >= 15 is 0 Å². The Hall–Kier alpha value is -1.76. The first kappa shape index (κ1) is 14.3.